The van der Waals surface area contributed by atoms with Crippen LogP contribution in [0.3, 0.4) is 0 Å². The van der Waals surface area contributed by atoms with Crippen molar-refractivity contribution in [1.82, 2.24) is 4.90 Å². The van der Waals surface area contributed by atoms with E-state index in [9.17, 15) is 10.2 Å². The number of piperidine rings is 1. The molecule has 0 atom stereocenters. The van der Waals surface area contributed by atoms with E-state index in [0.29, 0.717) is 6.04 Å². The molecule has 4 nitrogen and oxygen atoms in total. The van der Waals surface area contributed by atoms with E-state index in [-0.39, 0.29) is 31.2 Å². The van der Waals surface area contributed by atoms with Gasteiger partial charge in [0, 0.05) is 31.4 Å². The molecule has 156 valence electrons. The van der Waals surface area contributed by atoms with Crippen molar-refractivity contribution in [2.45, 2.75) is 37.3 Å². The zero-order valence-corrected chi connectivity index (χ0v) is 17.7. The van der Waals surface area contributed by atoms with Gasteiger partial charge in [-0.1, -0.05) is 42.5 Å². The molecule has 1 spiro atoms. The molecule has 2 aliphatic heterocycles. The number of hydrogen-bond donors (Lipinski definition) is 2. The summed E-state index contributed by atoms with van der Waals surface area (Å²) in [6.07, 6.45) is 4.29. The Morgan fingerprint density at radius 3 is 1.93 bits per heavy atom. The van der Waals surface area contributed by atoms with Gasteiger partial charge in [0.2, 0.25) is 0 Å². The summed E-state index contributed by atoms with van der Waals surface area (Å²) in [4.78, 5) is 5.09. The van der Waals surface area contributed by atoms with E-state index in [1.54, 1.807) is 0 Å². The van der Waals surface area contributed by atoms with Crippen molar-refractivity contribution in [2.75, 3.05) is 37.7 Å². The topological polar surface area (TPSA) is 46.9 Å². The molecule has 5 heteroatoms. The van der Waals surface area contributed by atoms with Gasteiger partial charge in [0.15, 0.2) is 0 Å². The fourth-order valence-electron chi connectivity index (χ4n) is 6.04. The Balaban J connectivity index is 0.00000205. The molecule has 2 aromatic carbocycles. The van der Waals surface area contributed by atoms with Gasteiger partial charge in [0.1, 0.15) is 0 Å². The molecule has 3 aliphatic rings. The van der Waals surface area contributed by atoms with Gasteiger partial charge in [-0.15, -0.1) is 12.4 Å². The first-order valence-electron chi connectivity index (χ1n) is 10.6. The summed E-state index contributed by atoms with van der Waals surface area (Å²) in [5.74, 6) is 0. The molecule has 2 aromatic rings. The highest BCUT2D eigenvalue weighted by atomic mass is 35.5. The Kier molecular flexibility index (Phi) is 5.64. The lowest BCUT2D eigenvalue weighted by molar-refractivity contribution is -0.0944. The lowest BCUT2D eigenvalue weighted by Gasteiger charge is -2.69. The quantitative estimate of drug-likeness (QED) is 0.807. The lowest BCUT2D eigenvalue weighted by atomic mass is 9.57. The lowest BCUT2D eigenvalue weighted by Crippen LogP contribution is -2.79. The molecule has 5 rings (SSSR count). The van der Waals surface area contributed by atoms with E-state index >= 15 is 0 Å². The van der Waals surface area contributed by atoms with Crippen molar-refractivity contribution < 1.29 is 10.2 Å². The Hall–Kier alpha value is -1.59. The zero-order valence-electron chi connectivity index (χ0n) is 16.8. The highest BCUT2D eigenvalue weighted by molar-refractivity contribution is 5.85. The number of fused-ring (bicyclic) bond motifs is 1. The maximum Gasteiger partial charge on any atom is 0.0573 e. The molecule has 2 N–H and O–H groups in total. The van der Waals surface area contributed by atoms with Gasteiger partial charge in [0.05, 0.1) is 24.2 Å². The molecule has 0 aromatic heterocycles. The number of rotatable bonds is 4. The molecule has 0 amide bonds. The smallest absolute Gasteiger partial charge is 0.0573 e. The Labute approximate surface area is 179 Å². The molecule has 0 radical (unpaired) electrons. The normalized spacial score (nSPS) is 22.8. The SMILES string of the molecule is Cl.OCC1(CO)CN(c2ccccc2)C12CCN(C1Cc3ccccc3C1)CC2. The Morgan fingerprint density at radius 1 is 0.828 bits per heavy atom. The molecular formula is C24H31ClN2O2. The minimum Gasteiger partial charge on any atom is -0.396 e. The second kappa shape index (κ2) is 7.92. The molecule has 2 heterocycles. The van der Waals surface area contributed by atoms with Crippen molar-refractivity contribution in [3.8, 4) is 0 Å². The summed E-state index contributed by atoms with van der Waals surface area (Å²) in [6.45, 7) is 2.91. The van der Waals surface area contributed by atoms with Gasteiger partial charge in [-0.25, -0.2) is 0 Å². The molecule has 29 heavy (non-hydrogen) atoms. The van der Waals surface area contributed by atoms with Crippen molar-refractivity contribution >= 4 is 18.1 Å². The van der Waals surface area contributed by atoms with Gasteiger partial charge in [-0.05, 0) is 48.9 Å². The second-order valence-electron chi connectivity index (χ2n) is 8.92. The van der Waals surface area contributed by atoms with Crippen LogP contribution >= 0.6 is 12.4 Å². The molecule has 0 saturated carbocycles. The van der Waals surface area contributed by atoms with Crippen molar-refractivity contribution in [1.29, 1.82) is 0 Å². The summed E-state index contributed by atoms with van der Waals surface area (Å²) in [5, 5.41) is 20.4. The van der Waals surface area contributed by atoms with E-state index in [1.165, 1.54) is 16.8 Å². The van der Waals surface area contributed by atoms with Crippen LogP contribution in [0.4, 0.5) is 5.69 Å². The minimum atomic E-state index is -0.395. The van der Waals surface area contributed by atoms with Crippen LogP contribution in [0.25, 0.3) is 0 Å². The monoisotopic (exact) mass is 414 g/mol. The third-order valence-electron chi connectivity index (χ3n) is 7.81. The first-order valence-corrected chi connectivity index (χ1v) is 10.6. The second-order valence-corrected chi connectivity index (χ2v) is 8.92. The van der Waals surface area contributed by atoms with Crippen molar-refractivity contribution in [2.24, 2.45) is 5.41 Å². The number of likely N-dealkylation sites (tertiary alicyclic amines) is 1. The van der Waals surface area contributed by atoms with Crippen LogP contribution in [0, 0.1) is 5.41 Å². The van der Waals surface area contributed by atoms with E-state index in [1.807, 2.05) is 6.07 Å². The number of hydrogen-bond acceptors (Lipinski definition) is 4. The van der Waals surface area contributed by atoms with Gasteiger partial charge >= 0.3 is 0 Å². The summed E-state index contributed by atoms with van der Waals surface area (Å²) in [6, 6.07) is 19.9. The predicted molar refractivity (Wildman–Crippen MR) is 119 cm³/mol. The van der Waals surface area contributed by atoms with E-state index in [2.05, 4.69) is 58.3 Å². The standard InChI is InChI=1S/C24H30N2O2.ClH/c27-17-23(18-28)16-26(21-8-2-1-3-9-21)24(23)10-12-25(13-11-24)22-14-19-6-4-5-7-20(19)15-22;/h1-9,22,27-28H,10-18H2;1H. The molecule has 1 aliphatic carbocycles. The van der Waals surface area contributed by atoms with Crippen LogP contribution in [0.1, 0.15) is 24.0 Å². The number of benzene rings is 2. The van der Waals surface area contributed by atoms with Crippen molar-refractivity contribution in [3.63, 3.8) is 0 Å². The van der Waals surface area contributed by atoms with Gasteiger partial charge in [-0.3, -0.25) is 4.90 Å². The first kappa shape index (κ1) is 20.7. The highest BCUT2D eigenvalue weighted by Gasteiger charge is 2.64. The number of nitrogens with zero attached hydrogens (tertiary/aromatic N) is 2. The largest absolute Gasteiger partial charge is 0.396 e. The van der Waals surface area contributed by atoms with Crippen LogP contribution < -0.4 is 4.90 Å². The predicted octanol–water partition coefficient (Wildman–Crippen LogP) is 2.90. The van der Waals surface area contributed by atoms with Crippen LogP contribution in [-0.2, 0) is 12.8 Å². The molecule has 2 saturated heterocycles. The average molecular weight is 415 g/mol. The maximum absolute atomic E-state index is 10.2. The summed E-state index contributed by atoms with van der Waals surface area (Å²) in [5.41, 5.74) is 3.68. The van der Waals surface area contributed by atoms with Gasteiger partial charge in [-0.2, -0.15) is 0 Å². The molecular weight excluding hydrogens is 384 g/mol. The number of aliphatic hydroxyl groups is 2. The number of para-hydroxylation sites is 1. The summed E-state index contributed by atoms with van der Waals surface area (Å²) in [7, 11) is 0. The number of anilines is 1. The summed E-state index contributed by atoms with van der Waals surface area (Å²) >= 11 is 0. The van der Waals surface area contributed by atoms with Crippen LogP contribution in [0.15, 0.2) is 54.6 Å². The van der Waals surface area contributed by atoms with Gasteiger partial charge in [0.25, 0.3) is 0 Å². The van der Waals surface area contributed by atoms with Crippen LogP contribution in [0.2, 0.25) is 0 Å². The fourth-order valence-corrected chi connectivity index (χ4v) is 6.04. The maximum atomic E-state index is 10.2. The van der Waals surface area contributed by atoms with E-state index < -0.39 is 5.41 Å². The first-order chi connectivity index (χ1) is 13.7. The van der Waals surface area contributed by atoms with Crippen molar-refractivity contribution in [3.05, 3.63) is 65.7 Å². The Bertz CT molecular complexity index is 807. The van der Waals surface area contributed by atoms with Crippen LogP contribution in [0.5, 0.6) is 0 Å². The third kappa shape index (κ3) is 3.09. The third-order valence-corrected chi connectivity index (χ3v) is 7.81. The van der Waals surface area contributed by atoms with E-state index in [4.69, 9.17) is 0 Å². The summed E-state index contributed by atoms with van der Waals surface area (Å²) < 4.78 is 0. The zero-order chi connectivity index (χ0) is 19.2. The van der Waals surface area contributed by atoms with Crippen LogP contribution in [-0.4, -0.2) is 59.5 Å². The average Bonchev–Trinajstić information content (AvgIpc) is 3.19. The number of halogens is 1. The highest BCUT2D eigenvalue weighted by Crippen LogP contribution is 2.54. The molecule has 0 unspecified atom stereocenters. The minimum absolute atomic E-state index is 0. The number of aliphatic hydroxyl groups excluding tert-OH is 2. The molecule has 2 fully saturated rings. The molecule has 0 bridgehead atoms. The Morgan fingerprint density at radius 2 is 1.38 bits per heavy atom. The van der Waals surface area contributed by atoms with E-state index in [0.717, 1.165) is 45.3 Å². The van der Waals surface area contributed by atoms with Gasteiger partial charge < -0.3 is 15.1 Å². The fraction of sp³-hybridized carbons (Fsp3) is 0.500.